The molecule has 5 heteroatoms. The smallest absolute Gasteiger partial charge is 0.303 e. The molecule has 0 saturated heterocycles. The molecule has 4 nitrogen and oxygen atoms in total. The van der Waals surface area contributed by atoms with E-state index in [0.717, 1.165) is 28.4 Å². The Morgan fingerprint density at radius 3 is 2.54 bits per heavy atom. The molecule has 2 N–H and O–H groups in total. The second kappa shape index (κ2) is 6.77. The highest BCUT2D eigenvalue weighted by molar-refractivity contribution is 9.10. The van der Waals surface area contributed by atoms with Gasteiger partial charge in [-0.15, -0.1) is 0 Å². The van der Waals surface area contributed by atoms with Crippen LogP contribution in [-0.2, 0) is 21.4 Å². The Morgan fingerprint density at radius 1 is 1.12 bits per heavy atom. The van der Waals surface area contributed by atoms with Crippen LogP contribution in [0.5, 0.6) is 0 Å². The number of carboxylic acid groups (broad SMARTS) is 1. The summed E-state index contributed by atoms with van der Waals surface area (Å²) in [6, 6.07) is 15.3. The number of carboxylic acids is 1. The highest BCUT2D eigenvalue weighted by Crippen LogP contribution is 2.49. The van der Waals surface area contributed by atoms with E-state index in [1.165, 1.54) is 0 Å². The molecular weight excluding hydrogens is 370 g/mol. The second-order valence-corrected chi connectivity index (χ2v) is 7.06. The Hall–Kier alpha value is -2.14. The van der Waals surface area contributed by atoms with E-state index < -0.39 is 11.4 Å². The third-order valence-corrected chi connectivity index (χ3v) is 4.87. The zero-order chi connectivity index (χ0) is 17.2. The molecule has 1 aliphatic carbocycles. The number of anilines is 1. The number of aryl methyl sites for hydroxylation is 1. The molecule has 24 heavy (non-hydrogen) atoms. The van der Waals surface area contributed by atoms with Gasteiger partial charge in [0, 0.05) is 16.6 Å². The lowest BCUT2D eigenvalue weighted by molar-refractivity contribution is -0.137. The van der Waals surface area contributed by atoms with Gasteiger partial charge in [-0.1, -0.05) is 40.2 Å². The minimum atomic E-state index is -0.823. The first-order valence-electron chi connectivity index (χ1n) is 7.88. The maximum absolute atomic E-state index is 12.8. The van der Waals surface area contributed by atoms with E-state index in [-0.39, 0.29) is 12.3 Å². The summed E-state index contributed by atoms with van der Waals surface area (Å²) in [5, 5.41) is 11.8. The summed E-state index contributed by atoms with van der Waals surface area (Å²) in [7, 11) is 0. The molecule has 0 atom stereocenters. The van der Waals surface area contributed by atoms with Crippen LogP contribution >= 0.6 is 15.9 Å². The molecule has 0 spiro atoms. The summed E-state index contributed by atoms with van der Waals surface area (Å²) in [6.07, 6.45) is 2.22. The predicted molar refractivity (Wildman–Crippen MR) is 96.1 cm³/mol. The predicted octanol–water partition coefficient (Wildman–Crippen LogP) is 4.14. The lowest BCUT2D eigenvalue weighted by Gasteiger charge is -2.16. The summed E-state index contributed by atoms with van der Waals surface area (Å²) >= 11 is 3.46. The maximum atomic E-state index is 12.8. The van der Waals surface area contributed by atoms with E-state index in [0.29, 0.717) is 12.1 Å². The average molecular weight is 388 g/mol. The molecule has 2 aromatic carbocycles. The van der Waals surface area contributed by atoms with Crippen LogP contribution in [0, 0.1) is 0 Å². The quantitative estimate of drug-likeness (QED) is 0.782. The number of hydrogen-bond acceptors (Lipinski definition) is 2. The van der Waals surface area contributed by atoms with E-state index >= 15 is 0 Å². The third kappa shape index (κ3) is 3.67. The van der Waals surface area contributed by atoms with Crippen molar-refractivity contribution in [1.82, 2.24) is 0 Å². The van der Waals surface area contributed by atoms with Gasteiger partial charge < -0.3 is 10.4 Å². The number of amides is 1. The van der Waals surface area contributed by atoms with E-state index in [9.17, 15) is 9.59 Å². The summed E-state index contributed by atoms with van der Waals surface area (Å²) in [5.74, 6) is -0.827. The number of nitrogens with one attached hydrogen (secondary N) is 1. The minimum absolute atomic E-state index is 0.00372. The largest absolute Gasteiger partial charge is 0.481 e. The van der Waals surface area contributed by atoms with Crippen LogP contribution in [0.15, 0.2) is 53.0 Å². The Balaban J connectivity index is 1.73. The molecule has 1 aliphatic rings. The molecule has 1 fully saturated rings. The van der Waals surface area contributed by atoms with Crippen molar-refractivity contribution >= 4 is 33.5 Å². The fourth-order valence-corrected chi connectivity index (χ4v) is 3.26. The molecule has 1 saturated carbocycles. The molecule has 0 aliphatic heterocycles. The van der Waals surface area contributed by atoms with Crippen molar-refractivity contribution in [1.29, 1.82) is 0 Å². The Bertz CT molecular complexity index is 784. The summed E-state index contributed by atoms with van der Waals surface area (Å²) in [6.45, 7) is 0. The van der Waals surface area contributed by atoms with Gasteiger partial charge in [0.2, 0.25) is 5.91 Å². The summed E-state index contributed by atoms with van der Waals surface area (Å²) in [4.78, 5) is 23.5. The van der Waals surface area contributed by atoms with Gasteiger partial charge in [0.15, 0.2) is 0 Å². The van der Waals surface area contributed by atoms with Crippen LogP contribution in [0.4, 0.5) is 5.69 Å². The lowest BCUT2D eigenvalue weighted by atomic mass is 9.95. The van der Waals surface area contributed by atoms with E-state index in [1.54, 1.807) is 0 Å². The first kappa shape index (κ1) is 16.7. The maximum Gasteiger partial charge on any atom is 0.303 e. The molecule has 2 aromatic rings. The van der Waals surface area contributed by atoms with E-state index in [2.05, 4.69) is 21.2 Å². The van der Waals surface area contributed by atoms with Crippen LogP contribution in [0.25, 0.3) is 0 Å². The van der Waals surface area contributed by atoms with Gasteiger partial charge in [-0.3, -0.25) is 9.59 Å². The number of halogens is 1. The van der Waals surface area contributed by atoms with Crippen LogP contribution in [0.3, 0.4) is 0 Å². The Morgan fingerprint density at radius 2 is 1.88 bits per heavy atom. The van der Waals surface area contributed by atoms with Crippen molar-refractivity contribution < 1.29 is 14.7 Å². The fraction of sp³-hybridized carbons (Fsp3) is 0.263. The van der Waals surface area contributed by atoms with Crippen molar-refractivity contribution in [2.75, 3.05) is 5.32 Å². The van der Waals surface area contributed by atoms with Crippen molar-refractivity contribution in [3.05, 3.63) is 64.1 Å². The number of benzene rings is 2. The van der Waals surface area contributed by atoms with Crippen LogP contribution in [0.2, 0.25) is 0 Å². The SMILES string of the molecule is O=C(O)CCc1cccc(NC(=O)C2(c3cccc(Br)c3)CC2)c1. The summed E-state index contributed by atoms with van der Waals surface area (Å²) < 4.78 is 0.967. The normalized spacial score (nSPS) is 14.9. The van der Waals surface area contributed by atoms with Crippen molar-refractivity contribution in [3.63, 3.8) is 0 Å². The first-order chi connectivity index (χ1) is 11.5. The molecule has 0 bridgehead atoms. The Kier molecular flexibility index (Phi) is 4.71. The summed E-state index contributed by atoms with van der Waals surface area (Å²) in [5.41, 5.74) is 2.20. The van der Waals surface area contributed by atoms with Gasteiger partial charge in [-0.2, -0.15) is 0 Å². The van der Waals surface area contributed by atoms with Crippen molar-refractivity contribution in [3.8, 4) is 0 Å². The first-order valence-corrected chi connectivity index (χ1v) is 8.67. The molecule has 0 radical (unpaired) electrons. The third-order valence-electron chi connectivity index (χ3n) is 4.37. The molecule has 124 valence electrons. The number of hydrogen-bond donors (Lipinski definition) is 2. The molecule has 1 amide bonds. The van der Waals surface area contributed by atoms with Gasteiger partial charge in [0.05, 0.1) is 5.41 Å². The van der Waals surface area contributed by atoms with Crippen LogP contribution < -0.4 is 5.32 Å². The Labute approximate surface area is 149 Å². The number of rotatable bonds is 6. The molecule has 0 heterocycles. The van der Waals surface area contributed by atoms with E-state index in [1.807, 2.05) is 48.5 Å². The van der Waals surface area contributed by atoms with Crippen LogP contribution in [-0.4, -0.2) is 17.0 Å². The minimum Gasteiger partial charge on any atom is -0.481 e. The molecular formula is C19H18BrNO3. The molecule has 0 unspecified atom stereocenters. The number of aliphatic carboxylic acids is 1. The van der Waals surface area contributed by atoms with Gasteiger partial charge in [-0.05, 0) is 54.7 Å². The number of carbonyl (C=O) groups is 2. The second-order valence-electron chi connectivity index (χ2n) is 6.14. The zero-order valence-electron chi connectivity index (χ0n) is 13.1. The monoisotopic (exact) mass is 387 g/mol. The van der Waals surface area contributed by atoms with Gasteiger partial charge in [0.25, 0.3) is 0 Å². The lowest BCUT2D eigenvalue weighted by Crippen LogP contribution is -2.27. The fourth-order valence-electron chi connectivity index (χ4n) is 2.86. The van der Waals surface area contributed by atoms with Gasteiger partial charge >= 0.3 is 5.97 Å². The molecule has 3 rings (SSSR count). The molecule has 0 aromatic heterocycles. The van der Waals surface area contributed by atoms with Crippen molar-refractivity contribution in [2.24, 2.45) is 0 Å². The van der Waals surface area contributed by atoms with Gasteiger partial charge in [-0.25, -0.2) is 0 Å². The topological polar surface area (TPSA) is 66.4 Å². The van der Waals surface area contributed by atoms with Gasteiger partial charge in [0.1, 0.15) is 0 Å². The average Bonchev–Trinajstić information content (AvgIpc) is 3.35. The van der Waals surface area contributed by atoms with Crippen LogP contribution in [0.1, 0.15) is 30.4 Å². The number of carbonyl (C=O) groups excluding carboxylic acids is 1. The standard InChI is InChI=1S/C19H18BrNO3/c20-15-5-2-4-14(12-15)19(9-10-19)18(24)21-16-6-1-3-13(11-16)7-8-17(22)23/h1-6,11-12H,7-10H2,(H,21,24)(H,22,23). The zero-order valence-corrected chi connectivity index (χ0v) is 14.7. The highest BCUT2D eigenvalue weighted by atomic mass is 79.9. The van der Waals surface area contributed by atoms with Crippen molar-refractivity contribution in [2.45, 2.75) is 31.1 Å². The van der Waals surface area contributed by atoms with E-state index in [4.69, 9.17) is 5.11 Å². The highest BCUT2D eigenvalue weighted by Gasteiger charge is 2.51.